The molecule has 4 nitrogen and oxygen atoms in total. The van der Waals surface area contributed by atoms with Gasteiger partial charge in [-0.25, -0.2) is 15.0 Å². The summed E-state index contributed by atoms with van der Waals surface area (Å²) in [7, 11) is 0. The maximum Gasteiger partial charge on any atom is 0.160 e. The zero-order valence-electron chi connectivity index (χ0n) is 27.0. The Morgan fingerprint density at radius 1 is 0.490 bits per heavy atom. The van der Waals surface area contributed by atoms with Crippen LogP contribution >= 0.6 is 22.7 Å². The first-order valence-electron chi connectivity index (χ1n) is 17.0. The molecule has 0 aliphatic heterocycles. The van der Waals surface area contributed by atoms with Gasteiger partial charge in [-0.1, -0.05) is 97.1 Å². The zero-order chi connectivity index (χ0) is 33.2. The lowest BCUT2D eigenvalue weighted by atomic mass is 9.99. The molecule has 12 aromatic rings. The fraction of sp³-hybridized carbons (Fsp3) is 0. The fourth-order valence-corrected chi connectivity index (χ4v) is 10.3. The average molecular weight is 685 g/mol. The van der Waals surface area contributed by atoms with Crippen molar-refractivity contribution >= 4 is 102 Å². The molecule has 0 saturated carbocycles. The number of benzene rings is 7. The van der Waals surface area contributed by atoms with Crippen LogP contribution in [0.2, 0.25) is 0 Å². The summed E-state index contributed by atoms with van der Waals surface area (Å²) in [5.74, 6) is 0.725. The molecule has 0 saturated heterocycles. The number of thiazole rings is 1. The second-order valence-electron chi connectivity index (χ2n) is 13.2. The standard InChI is InChI=1S/C45H24N4S2/c1-4-16-35-30(12-1)41(32-15-8-14-29-28-11-3-6-18-39(28)51-43(29)32)48-45(47-35)27-10-7-9-25(21-27)26-19-20-38-33(22-26)34-23-36-44(50-24-46-36)40-31-13-2-5-17-37(31)49(38)42(34)40/h1-24H. The molecule has 0 fully saturated rings. The van der Waals surface area contributed by atoms with Gasteiger partial charge in [0.25, 0.3) is 0 Å². The van der Waals surface area contributed by atoms with Gasteiger partial charge in [-0.15, -0.1) is 22.7 Å². The highest BCUT2D eigenvalue weighted by Crippen LogP contribution is 2.45. The topological polar surface area (TPSA) is 43.1 Å². The Labute approximate surface area is 298 Å². The van der Waals surface area contributed by atoms with Crippen LogP contribution < -0.4 is 0 Å². The van der Waals surface area contributed by atoms with Crippen molar-refractivity contribution in [1.82, 2.24) is 19.4 Å². The Bertz CT molecular complexity index is 3390. The number of fused-ring (bicyclic) bond motifs is 12. The van der Waals surface area contributed by atoms with Gasteiger partial charge in [0.15, 0.2) is 5.82 Å². The van der Waals surface area contributed by atoms with E-state index < -0.39 is 0 Å². The third kappa shape index (κ3) is 3.80. The Balaban J connectivity index is 1.05. The average Bonchev–Trinajstić information content (AvgIpc) is 3.97. The van der Waals surface area contributed by atoms with Crippen molar-refractivity contribution in [1.29, 1.82) is 0 Å². The number of thiophene rings is 1. The summed E-state index contributed by atoms with van der Waals surface area (Å²) in [4.78, 5) is 15.2. The van der Waals surface area contributed by atoms with Gasteiger partial charge in [0.2, 0.25) is 0 Å². The lowest BCUT2D eigenvalue weighted by molar-refractivity contribution is 1.23. The molecule has 0 unspecified atom stereocenters. The molecule has 0 aliphatic rings. The van der Waals surface area contributed by atoms with Crippen LogP contribution in [0.4, 0.5) is 0 Å². The smallest absolute Gasteiger partial charge is 0.160 e. The molecule has 0 N–H and O–H groups in total. The predicted octanol–water partition coefficient (Wildman–Crippen LogP) is 12.8. The summed E-state index contributed by atoms with van der Waals surface area (Å²) < 4.78 is 6.23. The molecule has 0 amide bonds. The number of rotatable bonds is 3. The molecule has 236 valence electrons. The summed E-state index contributed by atoms with van der Waals surface area (Å²) in [5, 5.41) is 8.67. The van der Waals surface area contributed by atoms with E-state index in [0.717, 1.165) is 50.2 Å². The number of para-hydroxylation sites is 2. The summed E-state index contributed by atoms with van der Waals surface area (Å²) >= 11 is 3.56. The van der Waals surface area contributed by atoms with Gasteiger partial charge in [0.05, 0.1) is 43.5 Å². The van der Waals surface area contributed by atoms with E-state index in [1.54, 1.807) is 11.3 Å². The maximum absolute atomic E-state index is 5.34. The van der Waals surface area contributed by atoms with E-state index in [0.29, 0.717) is 0 Å². The Morgan fingerprint density at radius 3 is 2.22 bits per heavy atom. The summed E-state index contributed by atoms with van der Waals surface area (Å²) in [6.45, 7) is 0. The molecule has 5 heterocycles. The van der Waals surface area contributed by atoms with Crippen molar-refractivity contribution < 1.29 is 0 Å². The minimum atomic E-state index is 0.725. The Hall–Kier alpha value is -6.21. The van der Waals surface area contributed by atoms with Gasteiger partial charge in [0, 0.05) is 58.2 Å². The van der Waals surface area contributed by atoms with E-state index in [1.807, 2.05) is 16.8 Å². The first-order valence-corrected chi connectivity index (χ1v) is 18.7. The van der Waals surface area contributed by atoms with Crippen LogP contribution in [0.3, 0.4) is 0 Å². The van der Waals surface area contributed by atoms with Gasteiger partial charge in [-0.05, 0) is 53.6 Å². The van der Waals surface area contributed by atoms with Crippen LogP contribution in [0.15, 0.2) is 145 Å². The Morgan fingerprint density at radius 2 is 1.25 bits per heavy atom. The molecule has 5 aromatic heterocycles. The highest BCUT2D eigenvalue weighted by Gasteiger charge is 2.22. The molecular formula is C45H24N4S2. The number of aromatic nitrogens is 4. The van der Waals surface area contributed by atoms with E-state index in [1.165, 1.54) is 63.0 Å². The zero-order valence-corrected chi connectivity index (χ0v) is 28.6. The van der Waals surface area contributed by atoms with Gasteiger partial charge >= 0.3 is 0 Å². The summed E-state index contributed by atoms with van der Waals surface area (Å²) in [6, 6.07) is 50.2. The van der Waals surface area contributed by atoms with E-state index in [2.05, 4.69) is 144 Å². The van der Waals surface area contributed by atoms with Crippen molar-refractivity contribution in [2.45, 2.75) is 0 Å². The van der Waals surface area contributed by atoms with Crippen LogP contribution in [-0.2, 0) is 0 Å². The van der Waals surface area contributed by atoms with Gasteiger partial charge in [0.1, 0.15) is 0 Å². The molecule has 0 radical (unpaired) electrons. The van der Waals surface area contributed by atoms with Crippen molar-refractivity contribution in [3.63, 3.8) is 0 Å². The number of hydrogen-bond donors (Lipinski definition) is 0. The van der Waals surface area contributed by atoms with Crippen LogP contribution in [0.1, 0.15) is 0 Å². The summed E-state index contributed by atoms with van der Waals surface area (Å²) in [5.41, 5.74) is 13.1. The highest BCUT2D eigenvalue weighted by atomic mass is 32.1. The van der Waals surface area contributed by atoms with Crippen molar-refractivity contribution in [3.8, 4) is 33.8 Å². The van der Waals surface area contributed by atoms with Crippen LogP contribution in [0.25, 0.3) is 113 Å². The minimum absolute atomic E-state index is 0.725. The van der Waals surface area contributed by atoms with Crippen LogP contribution in [-0.4, -0.2) is 19.4 Å². The molecule has 0 spiro atoms. The molecule has 6 heteroatoms. The molecule has 12 rings (SSSR count). The quantitative estimate of drug-likeness (QED) is 0.186. The third-order valence-corrected chi connectivity index (χ3v) is 12.6. The fourth-order valence-electron chi connectivity index (χ4n) is 8.24. The van der Waals surface area contributed by atoms with Crippen molar-refractivity contribution in [3.05, 3.63) is 145 Å². The SMILES string of the molecule is c1cc(-c2ccc3c(c2)c2cc4ncsc4c4c5ccccc5n3c24)cc(-c2nc(-c3cccc4c3sc3ccccc34)c3ccccc3n2)c1. The van der Waals surface area contributed by atoms with E-state index in [4.69, 9.17) is 15.0 Å². The predicted molar refractivity (Wildman–Crippen MR) is 217 cm³/mol. The molecule has 0 aliphatic carbocycles. The van der Waals surface area contributed by atoms with E-state index in [-0.39, 0.29) is 0 Å². The molecule has 51 heavy (non-hydrogen) atoms. The third-order valence-electron chi connectivity index (χ3n) is 10.5. The van der Waals surface area contributed by atoms with Crippen LogP contribution in [0.5, 0.6) is 0 Å². The normalized spacial score (nSPS) is 12.3. The largest absolute Gasteiger partial charge is 0.308 e. The molecule has 0 bridgehead atoms. The van der Waals surface area contributed by atoms with Gasteiger partial charge in [-0.2, -0.15) is 0 Å². The van der Waals surface area contributed by atoms with E-state index >= 15 is 0 Å². The monoisotopic (exact) mass is 684 g/mol. The lowest BCUT2D eigenvalue weighted by Gasteiger charge is -2.11. The van der Waals surface area contributed by atoms with Crippen molar-refractivity contribution in [2.24, 2.45) is 0 Å². The van der Waals surface area contributed by atoms with Crippen molar-refractivity contribution in [2.75, 3.05) is 0 Å². The Kier molecular flexibility index (Phi) is 5.50. The second-order valence-corrected chi connectivity index (χ2v) is 15.1. The van der Waals surface area contributed by atoms with Gasteiger partial charge in [-0.3, -0.25) is 0 Å². The molecular weight excluding hydrogens is 661 g/mol. The lowest BCUT2D eigenvalue weighted by Crippen LogP contribution is -1.95. The number of nitrogens with zero attached hydrogens (tertiary/aromatic N) is 4. The van der Waals surface area contributed by atoms with Gasteiger partial charge < -0.3 is 4.40 Å². The van der Waals surface area contributed by atoms with Crippen LogP contribution in [0, 0.1) is 0 Å². The molecule has 0 atom stereocenters. The first kappa shape index (κ1) is 27.6. The highest BCUT2D eigenvalue weighted by molar-refractivity contribution is 7.26. The second kappa shape index (κ2) is 10.2. The number of hydrogen-bond acceptors (Lipinski definition) is 5. The maximum atomic E-state index is 5.34. The summed E-state index contributed by atoms with van der Waals surface area (Å²) in [6.07, 6.45) is 0. The minimum Gasteiger partial charge on any atom is -0.308 e. The van der Waals surface area contributed by atoms with E-state index in [9.17, 15) is 0 Å². The molecule has 7 aromatic carbocycles. The first-order chi connectivity index (χ1) is 25.3.